The van der Waals surface area contributed by atoms with E-state index >= 15 is 0 Å². The molecular weight excluding hydrogens is 236 g/mol. The first-order chi connectivity index (χ1) is 9.24. The van der Waals surface area contributed by atoms with E-state index in [-0.39, 0.29) is 6.04 Å². The second-order valence-corrected chi connectivity index (χ2v) is 4.57. The standard InChI is InChI=1S/C16H20N2O/c1-4-15(13-5-7-14(19-3)8-6-13)18-16-11-17-10-9-12(16)2/h5-11,15,18H,4H2,1-3H3. The van der Waals surface area contributed by atoms with Crippen LogP contribution >= 0.6 is 0 Å². The number of methoxy groups -OCH3 is 1. The van der Waals surface area contributed by atoms with Gasteiger partial charge in [0.2, 0.25) is 0 Å². The summed E-state index contributed by atoms with van der Waals surface area (Å²) in [5.41, 5.74) is 3.55. The first-order valence-electron chi connectivity index (χ1n) is 6.55. The molecule has 0 aliphatic heterocycles. The summed E-state index contributed by atoms with van der Waals surface area (Å²) in [6.45, 7) is 4.26. The third kappa shape index (κ3) is 3.25. The van der Waals surface area contributed by atoms with E-state index in [1.807, 2.05) is 30.6 Å². The molecule has 19 heavy (non-hydrogen) atoms. The fourth-order valence-electron chi connectivity index (χ4n) is 2.06. The number of hydrogen-bond donors (Lipinski definition) is 1. The Morgan fingerprint density at radius 3 is 2.53 bits per heavy atom. The van der Waals surface area contributed by atoms with Gasteiger partial charge in [0.15, 0.2) is 0 Å². The number of hydrogen-bond acceptors (Lipinski definition) is 3. The predicted molar refractivity (Wildman–Crippen MR) is 78.6 cm³/mol. The average Bonchev–Trinajstić information content (AvgIpc) is 2.47. The van der Waals surface area contributed by atoms with Gasteiger partial charge in [-0.3, -0.25) is 4.98 Å². The average molecular weight is 256 g/mol. The Kier molecular flexibility index (Phi) is 4.39. The first-order valence-corrected chi connectivity index (χ1v) is 6.55. The fraction of sp³-hybridized carbons (Fsp3) is 0.312. The van der Waals surface area contributed by atoms with Crippen LogP contribution in [0.5, 0.6) is 5.75 Å². The zero-order chi connectivity index (χ0) is 13.7. The normalized spacial score (nSPS) is 11.9. The third-order valence-corrected chi connectivity index (χ3v) is 3.30. The summed E-state index contributed by atoms with van der Waals surface area (Å²) in [6, 6.07) is 10.5. The number of anilines is 1. The lowest BCUT2D eigenvalue weighted by Crippen LogP contribution is -2.10. The van der Waals surface area contributed by atoms with Gasteiger partial charge in [-0.15, -0.1) is 0 Å². The summed E-state index contributed by atoms with van der Waals surface area (Å²) in [4.78, 5) is 4.17. The molecule has 0 aliphatic carbocycles. The zero-order valence-corrected chi connectivity index (χ0v) is 11.7. The number of benzene rings is 1. The highest BCUT2D eigenvalue weighted by molar-refractivity contribution is 5.50. The van der Waals surface area contributed by atoms with Crippen molar-refractivity contribution in [1.29, 1.82) is 0 Å². The molecule has 1 heterocycles. The molecule has 0 radical (unpaired) electrons. The van der Waals surface area contributed by atoms with Gasteiger partial charge in [-0.2, -0.15) is 0 Å². The first kappa shape index (κ1) is 13.4. The van der Waals surface area contributed by atoms with E-state index in [0.717, 1.165) is 17.9 Å². The molecule has 2 aromatic rings. The second kappa shape index (κ2) is 6.23. The molecule has 0 spiro atoms. The molecule has 1 aromatic carbocycles. The Morgan fingerprint density at radius 1 is 1.21 bits per heavy atom. The molecule has 0 aliphatic rings. The van der Waals surface area contributed by atoms with E-state index in [4.69, 9.17) is 4.74 Å². The van der Waals surface area contributed by atoms with Gasteiger partial charge in [0.25, 0.3) is 0 Å². The maximum Gasteiger partial charge on any atom is 0.118 e. The van der Waals surface area contributed by atoms with Gasteiger partial charge in [0.1, 0.15) is 5.75 Å². The maximum atomic E-state index is 5.19. The Morgan fingerprint density at radius 2 is 1.95 bits per heavy atom. The number of rotatable bonds is 5. The van der Waals surface area contributed by atoms with Crippen molar-refractivity contribution < 1.29 is 4.74 Å². The Labute approximate surface area is 114 Å². The van der Waals surface area contributed by atoms with Crippen LogP contribution in [0.15, 0.2) is 42.7 Å². The van der Waals surface area contributed by atoms with Crippen molar-refractivity contribution in [2.45, 2.75) is 26.3 Å². The Balaban J connectivity index is 2.17. The van der Waals surface area contributed by atoms with E-state index < -0.39 is 0 Å². The number of pyridine rings is 1. The van der Waals surface area contributed by atoms with Crippen LogP contribution in [-0.4, -0.2) is 12.1 Å². The zero-order valence-electron chi connectivity index (χ0n) is 11.7. The molecule has 1 atom stereocenters. The molecule has 0 saturated heterocycles. The van der Waals surface area contributed by atoms with E-state index in [9.17, 15) is 0 Å². The third-order valence-electron chi connectivity index (χ3n) is 3.30. The van der Waals surface area contributed by atoms with Gasteiger partial charge in [-0.1, -0.05) is 19.1 Å². The predicted octanol–water partition coefficient (Wildman–Crippen LogP) is 3.96. The number of aromatic nitrogens is 1. The molecule has 3 heteroatoms. The molecule has 3 nitrogen and oxygen atoms in total. The van der Waals surface area contributed by atoms with Crippen molar-refractivity contribution in [3.8, 4) is 5.75 Å². The monoisotopic (exact) mass is 256 g/mol. The van der Waals surface area contributed by atoms with Gasteiger partial charge in [-0.05, 0) is 42.7 Å². The minimum Gasteiger partial charge on any atom is -0.497 e. The molecule has 2 rings (SSSR count). The van der Waals surface area contributed by atoms with E-state index in [0.29, 0.717) is 0 Å². The lowest BCUT2D eigenvalue weighted by atomic mass is 10.0. The summed E-state index contributed by atoms with van der Waals surface area (Å²) < 4.78 is 5.19. The van der Waals surface area contributed by atoms with Gasteiger partial charge < -0.3 is 10.1 Å². The van der Waals surface area contributed by atoms with Crippen molar-refractivity contribution >= 4 is 5.69 Å². The summed E-state index contributed by atoms with van der Waals surface area (Å²) in [5.74, 6) is 0.885. The summed E-state index contributed by atoms with van der Waals surface area (Å²) >= 11 is 0. The molecule has 0 saturated carbocycles. The van der Waals surface area contributed by atoms with E-state index in [1.54, 1.807) is 7.11 Å². The summed E-state index contributed by atoms with van der Waals surface area (Å²) in [5, 5.41) is 3.55. The smallest absolute Gasteiger partial charge is 0.118 e. The van der Waals surface area contributed by atoms with Crippen LogP contribution < -0.4 is 10.1 Å². The molecule has 100 valence electrons. The quantitative estimate of drug-likeness (QED) is 0.879. The second-order valence-electron chi connectivity index (χ2n) is 4.57. The van der Waals surface area contributed by atoms with Crippen LogP contribution in [0.4, 0.5) is 5.69 Å². The Hall–Kier alpha value is -2.03. The molecule has 0 fully saturated rings. The van der Waals surface area contributed by atoms with E-state index in [1.165, 1.54) is 11.1 Å². The Bertz CT molecular complexity index is 523. The van der Waals surface area contributed by atoms with Crippen LogP contribution in [0, 0.1) is 6.92 Å². The van der Waals surface area contributed by atoms with Crippen molar-refractivity contribution in [3.63, 3.8) is 0 Å². The van der Waals surface area contributed by atoms with Crippen LogP contribution in [-0.2, 0) is 0 Å². The van der Waals surface area contributed by atoms with Crippen LogP contribution in [0.1, 0.15) is 30.5 Å². The van der Waals surface area contributed by atoms with Gasteiger partial charge in [0, 0.05) is 6.20 Å². The summed E-state index contributed by atoms with van der Waals surface area (Å²) in [6.07, 6.45) is 4.71. The minimum absolute atomic E-state index is 0.286. The molecule has 0 amide bonds. The maximum absolute atomic E-state index is 5.19. The lowest BCUT2D eigenvalue weighted by Gasteiger charge is -2.20. The van der Waals surface area contributed by atoms with Crippen molar-refractivity contribution in [3.05, 3.63) is 53.9 Å². The van der Waals surface area contributed by atoms with Crippen molar-refractivity contribution in [2.75, 3.05) is 12.4 Å². The van der Waals surface area contributed by atoms with Crippen LogP contribution in [0.3, 0.4) is 0 Å². The highest BCUT2D eigenvalue weighted by atomic mass is 16.5. The molecule has 1 aromatic heterocycles. The minimum atomic E-state index is 0.286. The number of ether oxygens (including phenoxy) is 1. The van der Waals surface area contributed by atoms with Crippen molar-refractivity contribution in [1.82, 2.24) is 4.98 Å². The van der Waals surface area contributed by atoms with Gasteiger partial charge >= 0.3 is 0 Å². The highest BCUT2D eigenvalue weighted by Gasteiger charge is 2.10. The van der Waals surface area contributed by atoms with Gasteiger partial charge in [0.05, 0.1) is 25.0 Å². The topological polar surface area (TPSA) is 34.2 Å². The molecule has 1 unspecified atom stereocenters. The highest BCUT2D eigenvalue weighted by Crippen LogP contribution is 2.25. The molecule has 0 bridgehead atoms. The van der Waals surface area contributed by atoms with Crippen LogP contribution in [0.25, 0.3) is 0 Å². The fourth-order valence-corrected chi connectivity index (χ4v) is 2.06. The molecule has 1 N–H and O–H groups in total. The lowest BCUT2D eigenvalue weighted by molar-refractivity contribution is 0.414. The summed E-state index contributed by atoms with van der Waals surface area (Å²) in [7, 11) is 1.68. The van der Waals surface area contributed by atoms with Gasteiger partial charge in [-0.25, -0.2) is 0 Å². The van der Waals surface area contributed by atoms with Crippen molar-refractivity contribution in [2.24, 2.45) is 0 Å². The van der Waals surface area contributed by atoms with Crippen LogP contribution in [0.2, 0.25) is 0 Å². The SMILES string of the molecule is CCC(Nc1cnccc1C)c1ccc(OC)cc1. The number of nitrogens with one attached hydrogen (secondary N) is 1. The largest absolute Gasteiger partial charge is 0.497 e. The number of nitrogens with zero attached hydrogens (tertiary/aromatic N) is 1. The number of aryl methyl sites for hydroxylation is 1. The molecular formula is C16H20N2O. The van der Waals surface area contributed by atoms with E-state index in [2.05, 4.69) is 36.3 Å².